The summed E-state index contributed by atoms with van der Waals surface area (Å²) >= 11 is 0. The minimum Gasteiger partial charge on any atom is -0.488 e. The quantitative estimate of drug-likeness (QED) is 0.740. The van der Waals surface area contributed by atoms with Gasteiger partial charge in [0.1, 0.15) is 17.8 Å². The number of H-pyrrole nitrogens is 1. The molecule has 0 unspecified atom stereocenters. The van der Waals surface area contributed by atoms with Gasteiger partial charge in [-0.05, 0) is 33.8 Å². The van der Waals surface area contributed by atoms with Gasteiger partial charge in [0, 0.05) is 17.5 Å². The molecule has 0 radical (unpaired) electrons. The van der Waals surface area contributed by atoms with E-state index in [4.69, 9.17) is 9.47 Å². The number of rotatable bonds is 4. The second-order valence-electron chi connectivity index (χ2n) is 7.47. The number of nitrogens with one attached hydrogen (secondary N) is 1. The zero-order chi connectivity index (χ0) is 19.8. The van der Waals surface area contributed by atoms with Crippen molar-refractivity contribution in [3.8, 4) is 17.1 Å². The Labute approximate surface area is 162 Å². The number of ether oxygens (including phenoxy) is 2. The first-order chi connectivity index (χ1) is 13.4. The lowest BCUT2D eigenvalue weighted by Gasteiger charge is -2.39. The molecule has 2 atom stereocenters. The minimum atomic E-state index is -0.421. The first kappa shape index (κ1) is 18.6. The van der Waals surface area contributed by atoms with Gasteiger partial charge in [-0.2, -0.15) is 5.10 Å². The highest BCUT2D eigenvalue weighted by molar-refractivity contribution is 5.93. The van der Waals surface area contributed by atoms with Crippen molar-refractivity contribution >= 4 is 16.7 Å². The van der Waals surface area contributed by atoms with Gasteiger partial charge >= 0.3 is 0 Å². The molecule has 1 saturated heterocycles. The standard InChI is InChI=1S/C20H24FN5O2/c1-11(2)28-18-5-14-16(6-15(18)21)24-25-20(14)17-7-19(23-10-22-17)26-12(3)8-27-9-13(26)4/h5-7,10-13H,8-9H2,1-4H3,(H,24,25)/t12-,13-/m1/s1. The van der Waals surface area contributed by atoms with Crippen LogP contribution in [0, 0.1) is 5.82 Å². The van der Waals surface area contributed by atoms with Crippen molar-refractivity contribution in [1.82, 2.24) is 20.2 Å². The normalized spacial score (nSPS) is 20.1. The molecule has 28 heavy (non-hydrogen) atoms. The molecule has 148 valence electrons. The predicted molar refractivity (Wildman–Crippen MR) is 105 cm³/mol. The van der Waals surface area contributed by atoms with Gasteiger partial charge < -0.3 is 14.4 Å². The van der Waals surface area contributed by atoms with E-state index in [1.807, 2.05) is 19.9 Å². The molecule has 0 spiro atoms. The molecule has 0 bridgehead atoms. The van der Waals surface area contributed by atoms with Crippen LogP contribution in [-0.2, 0) is 4.74 Å². The number of nitrogens with zero attached hydrogens (tertiary/aromatic N) is 4. The molecule has 3 heterocycles. The number of morpholine rings is 1. The van der Waals surface area contributed by atoms with E-state index in [2.05, 4.69) is 38.9 Å². The smallest absolute Gasteiger partial charge is 0.167 e. The van der Waals surface area contributed by atoms with Crippen LogP contribution in [0.4, 0.5) is 10.2 Å². The first-order valence-electron chi connectivity index (χ1n) is 9.46. The predicted octanol–water partition coefficient (Wildman–Crippen LogP) is 3.56. The lowest BCUT2D eigenvalue weighted by Crippen LogP contribution is -2.50. The van der Waals surface area contributed by atoms with Gasteiger partial charge in [-0.1, -0.05) is 0 Å². The van der Waals surface area contributed by atoms with Gasteiger partial charge in [0.2, 0.25) is 0 Å². The summed E-state index contributed by atoms with van der Waals surface area (Å²) in [6, 6.07) is 5.41. The van der Waals surface area contributed by atoms with Crippen molar-refractivity contribution in [2.45, 2.75) is 45.9 Å². The highest BCUT2D eigenvalue weighted by atomic mass is 19.1. The average molecular weight is 385 g/mol. The Morgan fingerprint density at radius 3 is 2.64 bits per heavy atom. The van der Waals surface area contributed by atoms with Crippen molar-refractivity contribution in [3.05, 3.63) is 30.3 Å². The summed E-state index contributed by atoms with van der Waals surface area (Å²) in [4.78, 5) is 11.1. The van der Waals surface area contributed by atoms with E-state index in [9.17, 15) is 4.39 Å². The fourth-order valence-electron chi connectivity index (χ4n) is 3.63. The van der Waals surface area contributed by atoms with Crippen LogP contribution in [0.3, 0.4) is 0 Å². The largest absolute Gasteiger partial charge is 0.488 e. The number of aromatic nitrogens is 4. The Bertz CT molecular complexity index is 980. The van der Waals surface area contributed by atoms with E-state index in [1.165, 1.54) is 12.4 Å². The zero-order valence-electron chi connectivity index (χ0n) is 16.4. The maximum absolute atomic E-state index is 14.3. The van der Waals surface area contributed by atoms with Crippen LogP contribution in [-0.4, -0.2) is 51.6 Å². The maximum Gasteiger partial charge on any atom is 0.167 e. The zero-order valence-corrected chi connectivity index (χ0v) is 16.4. The molecule has 1 aliphatic heterocycles. The van der Waals surface area contributed by atoms with Gasteiger partial charge in [-0.15, -0.1) is 0 Å². The topological polar surface area (TPSA) is 76.2 Å². The van der Waals surface area contributed by atoms with Crippen LogP contribution in [0.15, 0.2) is 24.5 Å². The minimum absolute atomic E-state index is 0.128. The summed E-state index contributed by atoms with van der Waals surface area (Å²) in [5.41, 5.74) is 1.90. The molecule has 1 N–H and O–H groups in total. The highest BCUT2D eigenvalue weighted by Crippen LogP contribution is 2.32. The van der Waals surface area contributed by atoms with Crippen LogP contribution in [0.1, 0.15) is 27.7 Å². The fourth-order valence-corrected chi connectivity index (χ4v) is 3.63. The number of anilines is 1. The molecule has 1 aromatic carbocycles. The molecular formula is C20H24FN5O2. The van der Waals surface area contributed by atoms with Crippen molar-refractivity contribution in [2.24, 2.45) is 0 Å². The summed E-state index contributed by atoms with van der Waals surface area (Å²) < 4.78 is 25.5. The van der Waals surface area contributed by atoms with Gasteiger partial charge in [-0.25, -0.2) is 14.4 Å². The molecule has 3 aromatic rings. The molecule has 4 rings (SSSR count). The van der Waals surface area contributed by atoms with E-state index in [0.717, 1.165) is 11.2 Å². The second kappa shape index (κ2) is 7.35. The molecule has 1 aliphatic rings. The van der Waals surface area contributed by atoms with Crippen LogP contribution in [0.5, 0.6) is 5.75 Å². The fraction of sp³-hybridized carbons (Fsp3) is 0.450. The number of fused-ring (bicyclic) bond motifs is 1. The third-order valence-corrected chi connectivity index (χ3v) is 4.81. The van der Waals surface area contributed by atoms with Gasteiger partial charge in [-0.3, -0.25) is 5.10 Å². The van der Waals surface area contributed by atoms with Crippen LogP contribution < -0.4 is 9.64 Å². The van der Waals surface area contributed by atoms with Crippen molar-refractivity contribution in [2.75, 3.05) is 18.1 Å². The number of hydrogen-bond acceptors (Lipinski definition) is 6. The summed E-state index contributed by atoms with van der Waals surface area (Å²) in [7, 11) is 0. The lowest BCUT2D eigenvalue weighted by molar-refractivity contribution is 0.0752. The summed E-state index contributed by atoms with van der Waals surface area (Å²) in [5.74, 6) is 0.607. The molecule has 8 heteroatoms. The highest BCUT2D eigenvalue weighted by Gasteiger charge is 2.27. The number of benzene rings is 1. The van der Waals surface area contributed by atoms with E-state index in [-0.39, 0.29) is 23.9 Å². The SMILES string of the molecule is CC(C)Oc1cc2c(-c3cc(N4[C@H](C)COC[C@H]4C)ncn3)n[nH]c2cc1F. The first-order valence-corrected chi connectivity index (χ1v) is 9.46. The molecule has 0 saturated carbocycles. The Kier molecular flexibility index (Phi) is 4.89. The Balaban J connectivity index is 1.76. The summed E-state index contributed by atoms with van der Waals surface area (Å²) in [6.07, 6.45) is 1.41. The molecule has 7 nitrogen and oxygen atoms in total. The maximum atomic E-state index is 14.3. The van der Waals surface area contributed by atoms with E-state index in [0.29, 0.717) is 30.1 Å². The molecular weight excluding hydrogens is 361 g/mol. The van der Waals surface area contributed by atoms with Crippen LogP contribution >= 0.6 is 0 Å². The van der Waals surface area contributed by atoms with Crippen molar-refractivity contribution in [3.63, 3.8) is 0 Å². The Morgan fingerprint density at radius 2 is 1.93 bits per heavy atom. The third-order valence-electron chi connectivity index (χ3n) is 4.81. The molecule has 2 aromatic heterocycles. The van der Waals surface area contributed by atoms with E-state index in [1.54, 1.807) is 6.07 Å². The molecule has 0 aliphatic carbocycles. The van der Waals surface area contributed by atoms with E-state index < -0.39 is 5.82 Å². The van der Waals surface area contributed by atoms with Gasteiger partial charge in [0.05, 0.1) is 42.6 Å². The molecule has 0 amide bonds. The van der Waals surface area contributed by atoms with Crippen LogP contribution in [0.25, 0.3) is 22.3 Å². The lowest BCUT2D eigenvalue weighted by atomic mass is 10.1. The monoisotopic (exact) mass is 385 g/mol. The van der Waals surface area contributed by atoms with Crippen molar-refractivity contribution < 1.29 is 13.9 Å². The average Bonchev–Trinajstić information content (AvgIpc) is 3.04. The Hall–Kier alpha value is -2.74. The number of halogens is 1. The van der Waals surface area contributed by atoms with Gasteiger partial charge in [0.15, 0.2) is 11.6 Å². The van der Waals surface area contributed by atoms with Crippen molar-refractivity contribution in [1.29, 1.82) is 0 Å². The summed E-state index contributed by atoms with van der Waals surface area (Å²) in [6.45, 7) is 9.26. The Morgan fingerprint density at radius 1 is 1.18 bits per heavy atom. The second-order valence-corrected chi connectivity index (χ2v) is 7.47. The van der Waals surface area contributed by atoms with E-state index >= 15 is 0 Å². The van der Waals surface area contributed by atoms with Gasteiger partial charge in [0.25, 0.3) is 0 Å². The van der Waals surface area contributed by atoms with Crippen LogP contribution in [0.2, 0.25) is 0 Å². The third kappa shape index (κ3) is 3.40. The summed E-state index contributed by atoms with van der Waals surface area (Å²) in [5, 5.41) is 8.01. The number of hydrogen-bond donors (Lipinski definition) is 1. The molecule has 1 fully saturated rings. The number of aromatic amines is 1.